The maximum absolute atomic E-state index is 4.84. The van der Waals surface area contributed by atoms with Gasteiger partial charge in [-0.05, 0) is 13.5 Å². The molecule has 1 radical (unpaired) electrons. The van der Waals surface area contributed by atoms with Crippen LogP contribution in [0.1, 0.15) is 6.42 Å². The summed E-state index contributed by atoms with van der Waals surface area (Å²) in [4.78, 5) is 1.90. The Morgan fingerprint density at radius 1 is 1.62 bits per heavy atom. The number of hydrogen-bond acceptors (Lipinski definition) is 2. The molecule has 0 rings (SSSR count). The van der Waals surface area contributed by atoms with Crippen molar-refractivity contribution in [2.75, 3.05) is 27.3 Å². The van der Waals surface area contributed by atoms with Crippen LogP contribution >= 0.6 is 0 Å². The highest BCUT2D eigenvalue weighted by Crippen LogP contribution is 1.83. The Kier molecular flexibility index (Phi) is 5.01. The molecular formula is C6H14NO. The van der Waals surface area contributed by atoms with Gasteiger partial charge in [0, 0.05) is 27.3 Å². The highest BCUT2D eigenvalue weighted by Gasteiger charge is 1.86. The van der Waals surface area contributed by atoms with Gasteiger partial charge >= 0.3 is 0 Å². The number of ether oxygens (including phenoxy) is 1. The van der Waals surface area contributed by atoms with Crippen LogP contribution in [0.15, 0.2) is 0 Å². The average molecular weight is 116 g/mol. The summed E-state index contributed by atoms with van der Waals surface area (Å²) < 4.78 is 4.84. The van der Waals surface area contributed by atoms with Crippen molar-refractivity contribution in [3.8, 4) is 0 Å². The number of hydrogen-bond donors (Lipinski definition) is 0. The summed E-state index contributed by atoms with van der Waals surface area (Å²) in [6, 6.07) is 0. The summed E-state index contributed by atoms with van der Waals surface area (Å²) in [5, 5.41) is 0. The molecule has 0 unspecified atom stereocenters. The molecule has 0 N–H and O–H groups in total. The van der Waals surface area contributed by atoms with E-state index < -0.39 is 0 Å². The Bertz CT molecular complexity index is 45.8. The van der Waals surface area contributed by atoms with Gasteiger partial charge in [0.2, 0.25) is 0 Å². The van der Waals surface area contributed by atoms with Gasteiger partial charge in [-0.1, -0.05) is 0 Å². The highest BCUT2D eigenvalue weighted by atomic mass is 16.5. The molecule has 0 aromatic carbocycles. The second-order valence-corrected chi connectivity index (χ2v) is 1.93. The fraction of sp³-hybridized carbons (Fsp3) is 0.833. The Hall–Kier alpha value is -0.0800. The maximum Gasteiger partial charge on any atom is 0.0474 e. The van der Waals surface area contributed by atoms with Crippen LogP contribution in [0.5, 0.6) is 0 Å². The average Bonchev–Trinajstić information content (AvgIpc) is 1.66. The largest absolute Gasteiger partial charge is 0.385 e. The Morgan fingerprint density at radius 3 is 2.62 bits per heavy atom. The summed E-state index contributed by atoms with van der Waals surface area (Å²) in [6.45, 7) is 1.84. The summed E-state index contributed by atoms with van der Waals surface area (Å²) in [5.41, 5.74) is 0. The molecule has 8 heavy (non-hydrogen) atoms. The summed E-state index contributed by atoms with van der Waals surface area (Å²) in [7, 11) is 7.35. The minimum Gasteiger partial charge on any atom is -0.385 e. The SMILES string of the molecule is [CH2]N(C)CCCOC. The maximum atomic E-state index is 4.84. The topological polar surface area (TPSA) is 12.5 Å². The molecule has 49 valence electrons. The number of methoxy groups -OCH3 is 1. The van der Waals surface area contributed by atoms with E-state index in [9.17, 15) is 0 Å². The molecule has 0 aromatic rings. The lowest BCUT2D eigenvalue weighted by Crippen LogP contribution is -2.11. The van der Waals surface area contributed by atoms with Crippen LogP contribution in [0.25, 0.3) is 0 Å². The first-order valence-electron chi connectivity index (χ1n) is 2.78. The zero-order chi connectivity index (χ0) is 6.41. The summed E-state index contributed by atoms with van der Waals surface area (Å²) in [5.74, 6) is 0. The van der Waals surface area contributed by atoms with Crippen LogP contribution in [-0.2, 0) is 4.74 Å². The Morgan fingerprint density at radius 2 is 2.25 bits per heavy atom. The standard InChI is InChI=1S/C6H14NO/c1-7(2)5-4-6-8-3/h1,4-6H2,2-3H3. The monoisotopic (exact) mass is 116 g/mol. The minimum atomic E-state index is 0.833. The van der Waals surface area contributed by atoms with E-state index in [2.05, 4.69) is 7.05 Å². The first-order valence-corrected chi connectivity index (χ1v) is 2.78. The first kappa shape index (κ1) is 7.92. The molecule has 0 aliphatic rings. The molecule has 0 amide bonds. The van der Waals surface area contributed by atoms with E-state index in [1.54, 1.807) is 7.11 Å². The third-order valence-corrected chi connectivity index (χ3v) is 0.888. The molecule has 0 heterocycles. The lowest BCUT2D eigenvalue weighted by molar-refractivity contribution is 0.186. The normalized spacial score (nSPS) is 10.5. The van der Waals surface area contributed by atoms with E-state index in [1.807, 2.05) is 11.9 Å². The van der Waals surface area contributed by atoms with Crippen molar-refractivity contribution in [3.05, 3.63) is 7.05 Å². The second kappa shape index (κ2) is 5.06. The number of nitrogens with zero attached hydrogens (tertiary/aromatic N) is 1. The van der Waals surface area contributed by atoms with E-state index in [0.29, 0.717) is 0 Å². The Balaban J connectivity index is 2.72. The lowest BCUT2D eigenvalue weighted by Gasteiger charge is -2.06. The predicted octanol–water partition coefficient (Wildman–Crippen LogP) is 0.746. The summed E-state index contributed by atoms with van der Waals surface area (Å²) >= 11 is 0. The Labute approximate surface area is 51.4 Å². The lowest BCUT2D eigenvalue weighted by atomic mass is 10.4. The van der Waals surface area contributed by atoms with Crippen LogP contribution in [-0.4, -0.2) is 32.2 Å². The third-order valence-electron chi connectivity index (χ3n) is 0.888. The van der Waals surface area contributed by atoms with Crippen molar-refractivity contribution in [3.63, 3.8) is 0 Å². The van der Waals surface area contributed by atoms with E-state index in [4.69, 9.17) is 4.74 Å². The quantitative estimate of drug-likeness (QED) is 0.502. The van der Waals surface area contributed by atoms with Crippen molar-refractivity contribution in [2.45, 2.75) is 6.42 Å². The van der Waals surface area contributed by atoms with Gasteiger partial charge in [0.1, 0.15) is 0 Å². The number of rotatable bonds is 4. The van der Waals surface area contributed by atoms with Crippen LogP contribution in [0.3, 0.4) is 0 Å². The van der Waals surface area contributed by atoms with Crippen LogP contribution in [0, 0.1) is 7.05 Å². The van der Waals surface area contributed by atoms with Crippen molar-refractivity contribution in [1.29, 1.82) is 0 Å². The van der Waals surface area contributed by atoms with Gasteiger partial charge in [-0.25, -0.2) is 0 Å². The third kappa shape index (κ3) is 5.92. The predicted molar refractivity (Wildman–Crippen MR) is 34.5 cm³/mol. The fourth-order valence-corrected chi connectivity index (χ4v) is 0.479. The molecule has 2 heteroatoms. The molecule has 0 aliphatic heterocycles. The first-order chi connectivity index (χ1) is 3.77. The molecule has 0 fully saturated rings. The van der Waals surface area contributed by atoms with Crippen molar-refractivity contribution in [1.82, 2.24) is 4.90 Å². The molecule has 0 aromatic heterocycles. The second-order valence-electron chi connectivity index (χ2n) is 1.93. The van der Waals surface area contributed by atoms with Gasteiger partial charge in [0.05, 0.1) is 0 Å². The van der Waals surface area contributed by atoms with E-state index in [1.165, 1.54) is 0 Å². The summed E-state index contributed by atoms with van der Waals surface area (Å²) in [6.07, 6.45) is 1.07. The fourth-order valence-electron chi connectivity index (χ4n) is 0.479. The van der Waals surface area contributed by atoms with Crippen molar-refractivity contribution in [2.24, 2.45) is 0 Å². The molecular weight excluding hydrogens is 102 g/mol. The molecule has 0 bridgehead atoms. The van der Waals surface area contributed by atoms with Gasteiger partial charge in [-0.2, -0.15) is 0 Å². The smallest absolute Gasteiger partial charge is 0.0474 e. The van der Waals surface area contributed by atoms with Crippen molar-refractivity contribution >= 4 is 0 Å². The van der Waals surface area contributed by atoms with Crippen LogP contribution in [0.4, 0.5) is 0 Å². The highest BCUT2D eigenvalue weighted by molar-refractivity contribution is 4.45. The molecule has 0 aliphatic carbocycles. The molecule has 0 spiro atoms. The van der Waals surface area contributed by atoms with Gasteiger partial charge < -0.3 is 9.64 Å². The molecule has 0 saturated heterocycles. The minimum absolute atomic E-state index is 0.833. The zero-order valence-electron chi connectivity index (χ0n) is 5.68. The molecule has 0 atom stereocenters. The van der Waals surface area contributed by atoms with E-state index >= 15 is 0 Å². The van der Waals surface area contributed by atoms with Gasteiger partial charge in [0.15, 0.2) is 0 Å². The van der Waals surface area contributed by atoms with Gasteiger partial charge in [-0.15, -0.1) is 0 Å². The van der Waals surface area contributed by atoms with Crippen molar-refractivity contribution < 1.29 is 4.74 Å². The van der Waals surface area contributed by atoms with Crippen LogP contribution < -0.4 is 0 Å². The zero-order valence-corrected chi connectivity index (χ0v) is 5.68. The van der Waals surface area contributed by atoms with Gasteiger partial charge in [-0.3, -0.25) is 0 Å². The van der Waals surface area contributed by atoms with E-state index in [0.717, 1.165) is 19.6 Å². The molecule has 2 nitrogen and oxygen atoms in total. The van der Waals surface area contributed by atoms with Crippen LogP contribution in [0.2, 0.25) is 0 Å². The van der Waals surface area contributed by atoms with E-state index in [-0.39, 0.29) is 0 Å². The molecule has 0 saturated carbocycles. The van der Waals surface area contributed by atoms with Gasteiger partial charge in [0.25, 0.3) is 0 Å².